The van der Waals surface area contributed by atoms with Gasteiger partial charge in [0.05, 0.1) is 0 Å². The molecule has 3 rings (SSSR count). The summed E-state index contributed by atoms with van der Waals surface area (Å²) in [6.45, 7) is 10.4. The normalized spacial score (nSPS) is 22.6. The Morgan fingerprint density at radius 2 is 2.00 bits per heavy atom. The number of halogens is 1. The van der Waals surface area contributed by atoms with Crippen molar-refractivity contribution in [1.82, 2.24) is 20.4 Å². The molecule has 6 nitrogen and oxygen atoms in total. The Hall–Kier alpha value is -0.900. The maximum atomic E-state index is 5.69. The van der Waals surface area contributed by atoms with E-state index in [4.69, 9.17) is 4.74 Å². The first kappa shape index (κ1) is 26.4. The predicted octanol–water partition coefficient (Wildman–Crippen LogP) is 3.50. The predicted molar refractivity (Wildman–Crippen MR) is 140 cm³/mol. The molecule has 0 radical (unpaired) electrons. The quantitative estimate of drug-likeness (QED) is 0.299. The van der Waals surface area contributed by atoms with E-state index >= 15 is 0 Å². The third kappa shape index (κ3) is 7.30. The molecule has 2 N–H and O–H groups in total. The zero-order valence-corrected chi connectivity index (χ0v) is 22.1. The Balaban J connectivity index is 0.00000341. The van der Waals surface area contributed by atoms with Gasteiger partial charge in [0.15, 0.2) is 5.96 Å². The SMILES string of the molecule is CCN1CCCC1CN(C)C(=NC)NCC1(NC(C)c2ccccc2)CCOCC1.I. The number of rotatable bonds is 8. The Labute approximate surface area is 206 Å². The van der Waals surface area contributed by atoms with Crippen LogP contribution < -0.4 is 10.6 Å². The van der Waals surface area contributed by atoms with Gasteiger partial charge in [-0.1, -0.05) is 37.3 Å². The average Bonchev–Trinajstić information content (AvgIpc) is 3.22. The Kier molecular flexibility index (Phi) is 11.0. The average molecular weight is 544 g/mol. The summed E-state index contributed by atoms with van der Waals surface area (Å²) in [6, 6.07) is 11.6. The van der Waals surface area contributed by atoms with Gasteiger partial charge >= 0.3 is 0 Å². The van der Waals surface area contributed by atoms with E-state index in [1.54, 1.807) is 0 Å². The van der Waals surface area contributed by atoms with E-state index in [1.807, 2.05) is 7.05 Å². The van der Waals surface area contributed by atoms with Crippen molar-refractivity contribution in [3.8, 4) is 0 Å². The minimum atomic E-state index is 0. The Morgan fingerprint density at radius 3 is 2.65 bits per heavy atom. The maximum absolute atomic E-state index is 5.69. The summed E-state index contributed by atoms with van der Waals surface area (Å²) < 4.78 is 5.69. The molecule has 2 unspecified atom stereocenters. The molecular formula is C24H42IN5O. The van der Waals surface area contributed by atoms with E-state index in [0.717, 1.165) is 51.6 Å². The number of benzene rings is 1. The van der Waals surface area contributed by atoms with Gasteiger partial charge in [-0.15, -0.1) is 24.0 Å². The van der Waals surface area contributed by atoms with E-state index in [2.05, 4.69) is 76.7 Å². The van der Waals surface area contributed by atoms with E-state index in [1.165, 1.54) is 24.9 Å². The second-order valence-corrected chi connectivity index (χ2v) is 8.88. The van der Waals surface area contributed by atoms with Crippen molar-refractivity contribution < 1.29 is 4.74 Å². The molecule has 176 valence electrons. The Morgan fingerprint density at radius 1 is 1.29 bits per heavy atom. The second-order valence-electron chi connectivity index (χ2n) is 8.88. The summed E-state index contributed by atoms with van der Waals surface area (Å²) in [7, 11) is 4.06. The van der Waals surface area contributed by atoms with E-state index in [-0.39, 0.29) is 29.5 Å². The summed E-state index contributed by atoms with van der Waals surface area (Å²) in [4.78, 5) is 9.48. The summed E-state index contributed by atoms with van der Waals surface area (Å²) in [5, 5.41) is 7.61. The van der Waals surface area contributed by atoms with Gasteiger partial charge in [0, 0.05) is 58.0 Å². The minimum absolute atomic E-state index is 0. The topological polar surface area (TPSA) is 52.1 Å². The number of ether oxygens (including phenoxy) is 1. The maximum Gasteiger partial charge on any atom is 0.193 e. The van der Waals surface area contributed by atoms with Crippen molar-refractivity contribution in [1.29, 1.82) is 0 Å². The van der Waals surface area contributed by atoms with Crippen molar-refractivity contribution in [2.24, 2.45) is 4.99 Å². The monoisotopic (exact) mass is 543 g/mol. The number of likely N-dealkylation sites (N-methyl/N-ethyl adjacent to an activating group) is 2. The molecule has 31 heavy (non-hydrogen) atoms. The molecule has 0 aliphatic carbocycles. The van der Waals surface area contributed by atoms with E-state index < -0.39 is 0 Å². The molecule has 1 aromatic carbocycles. The summed E-state index contributed by atoms with van der Waals surface area (Å²) >= 11 is 0. The van der Waals surface area contributed by atoms with Gasteiger partial charge in [-0.3, -0.25) is 9.89 Å². The van der Waals surface area contributed by atoms with Crippen LogP contribution in [0.2, 0.25) is 0 Å². The molecule has 0 bridgehead atoms. The molecule has 0 spiro atoms. The van der Waals surface area contributed by atoms with Crippen LogP contribution in [0.1, 0.15) is 51.1 Å². The van der Waals surface area contributed by atoms with Crippen LogP contribution in [-0.4, -0.2) is 80.8 Å². The molecule has 2 aliphatic heterocycles. The standard InChI is InChI=1S/C24H41N5O.HI/c1-5-29-15-9-12-22(29)18-28(4)23(25-3)26-19-24(13-16-30-17-14-24)27-20(2)21-10-7-6-8-11-21;/h6-8,10-11,20,22,27H,5,9,12-19H2,1-4H3,(H,25,26);1H. The first-order valence-corrected chi connectivity index (χ1v) is 11.6. The zero-order valence-electron chi connectivity index (χ0n) is 19.8. The van der Waals surface area contributed by atoms with Gasteiger partial charge in [0.1, 0.15) is 0 Å². The van der Waals surface area contributed by atoms with Crippen LogP contribution >= 0.6 is 24.0 Å². The van der Waals surface area contributed by atoms with Crippen molar-refractivity contribution >= 4 is 29.9 Å². The molecule has 2 heterocycles. The lowest BCUT2D eigenvalue weighted by molar-refractivity contribution is 0.0352. The number of nitrogens with one attached hydrogen (secondary N) is 2. The second kappa shape index (κ2) is 13.0. The number of hydrogen-bond acceptors (Lipinski definition) is 4. The smallest absolute Gasteiger partial charge is 0.193 e. The fraction of sp³-hybridized carbons (Fsp3) is 0.708. The highest BCUT2D eigenvalue weighted by Gasteiger charge is 2.34. The third-order valence-corrected chi connectivity index (χ3v) is 6.82. The number of hydrogen-bond donors (Lipinski definition) is 2. The molecule has 2 saturated heterocycles. The van der Waals surface area contributed by atoms with Crippen LogP contribution in [0.5, 0.6) is 0 Å². The fourth-order valence-electron chi connectivity index (χ4n) is 4.97. The van der Waals surface area contributed by atoms with Crippen molar-refractivity contribution in [2.45, 2.75) is 57.2 Å². The first-order valence-electron chi connectivity index (χ1n) is 11.6. The zero-order chi connectivity index (χ0) is 21.4. The van der Waals surface area contributed by atoms with E-state index in [0.29, 0.717) is 12.1 Å². The molecule has 2 fully saturated rings. The van der Waals surface area contributed by atoms with Crippen LogP contribution in [0.15, 0.2) is 35.3 Å². The molecular weight excluding hydrogens is 501 g/mol. The lowest BCUT2D eigenvalue weighted by atomic mass is 9.88. The van der Waals surface area contributed by atoms with Crippen molar-refractivity contribution in [3.05, 3.63) is 35.9 Å². The lowest BCUT2D eigenvalue weighted by Crippen LogP contribution is -2.58. The molecule has 2 aliphatic rings. The van der Waals surface area contributed by atoms with Gasteiger partial charge in [-0.05, 0) is 51.3 Å². The van der Waals surface area contributed by atoms with Gasteiger partial charge in [-0.2, -0.15) is 0 Å². The first-order chi connectivity index (χ1) is 14.6. The van der Waals surface area contributed by atoms with Crippen LogP contribution in [0.25, 0.3) is 0 Å². The van der Waals surface area contributed by atoms with Gasteiger partial charge in [-0.25, -0.2) is 0 Å². The van der Waals surface area contributed by atoms with Gasteiger partial charge in [0.25, 0.3) is 0 Å². The highest BCUT2D eigenvalue weighted by molar-refractivity contribution is 14.0. The van der Waals surface area contributed by atoms with Crippen LogP contribution in [0.3, 0.4) is 0 Å². The highest BCUT2D eigenvalue weighted by Crippen LogP contribution is 2.25. The lowest BCUT2D eigenvalue weighted by Gasteiger charge is -2.41. The molecule has 2 atom stereocenters. The van der Waals surface area contributed by atoms with Gasteiger partial charge in [0.2, 0.25) is 0 Å². The Bertz CT molecular complexity index is 665. The molecule has 0 amide bonds. The van der Waals surface area contributed by atoms with Crippen LogP contribution in [0.4, 0.5) is 0 Å². The van der Waals surface area contributed by atoms with Gasteiger partial charge < -0.3 is 20.3 Å². The highest BCUT2D eigenvalue weighted by atomic mass is 127. The largest absolute Gasteiger partial charge is 0.381 e. The summed E-state index contributed by atoms with van der Waals surface area (Å²) in [5.74, 6) is 0.984. The molecule has 7 heteroatoms. The molecule has 1 aromatic rings. The third-order valence-electron chi connectivity index (χ3n) is 6.82. The van der Waals surface area contributed by atoms with Crippen LogP contribution in [0, 0.1) is 0 Å². The summed E-state index contributed by atoms with van der Waals surface area (Å²) in [5.41, 5.74) is 1.33. The number of aliphatic imine (C=N–C) groups is 1. The van der Waals surface area contributed by atoms with E-state index in [9.17, 15) is 0 Å². The molecule has 0 aromatic heterocycles. The van der Waals surface area contributed by atoms with Crippen molar-refractivity contribution in [2.75, 3.05) is 53.5 Å². The number of likely N-dealkylation sites (tertiary alicyclic amines) is 1. The summed E-state index contributed by atoms with van der Waals surface area (Å²) in [6.07, 6.45) is 4.60. The fourth-order valence-corrected chi connectivity index (χ4v) is 4.97. The van der Waals surface area contributed by atoms with Crippen LogP contribution in [-0.2, 0) is 4.74 Å². The van der Waals surface area contributed by atoms with Crippen molar-refractivity contribution in [3.63, 3.8) is 0 Å². The number of guanidine groups is 1. The molecule has 0 saturated carbocycles. The number of nitrogens with zero attached hydrogens (tertiary/aromatic N) is 3. The minimum Gasteiger partial charge on any atom is -0.381 e.